The minimum atomic E-state index is -0.465. The van der Waals surface area contributed by atoms with Gasteiger partial charge in [-0.25, -0.2) is 4.79 Å². The summed E-state index contributed by atoms with van der Waals surface area (Å²) in [5.74, 6) is -0.465. The minimum absolute atomic E-state index is 0.269. The summed E-state index contributed by atoms with van der Waals surface area (Å²) in [6, 6.07) is 0. The second-order valence-corrected chi connectivity index (χ2v) is 3.41. The van der Waals surface area contributed by atoms with Gasteiger partial charge in [-0.3, -0.25) is 4.68 Å². The monoisotopic (exact) mass is 266 g/mol. The van der Waals surface area contributed by atoms with Crippen LogP contribution in [-0.4, -0.2) is 22.4 Å². The molecular weight excluding hydrogens is 259 g/mol. The maximum atomic E-state index is 11.3. The normalized spacial score (nSPS) is 10.2. The first-order valence-electron chi connectivity index (χ1n) is 3.63. The Morgan fingerprint density at radius 3 is 2.77 bits per heavy atom. The van der Waals surface area contributed by atoms with Gasteiger partial charge in [-0.05, 0) is 22.9 Å². The molecule has 0 radical (unpaired) electrons. The van der Waals surface area contributed by atoms with Crippen LogP contribution in [-0.2, 0) is 11.8 Å². The van der Waals surface area contributed by atoms with Gasteiger partial charge < -0.3 is 4.74 Å². The maximum Gasteiger partial charge on any atom is 0.344 e. The van der Waals surface area contributed by atoms with Gasteiger partial charge in [0, 0.05) is 7.05 Å². The van der Waals surface area contributed by atoms with E-state index in [2.05, 4.69) is 21.0 Å². The number of ether oxygens (including phenoxy) is 1. The van der Waals surface area contributed by atoms with Crippen LogP contribution in [0, 0.1) is 0 Å². The summed E-state index contributed by atoms with van der Waals surface area (Å²) in [5, 5.41) is 4.18. The first-order valence-corrected chi connectivity index (χ1v) is 4.80. The minimum Gasteiger partial charge on any atom is -0.462 e. The molecule has 0 saturated heterocycles. The van der Waals surface area contributed by atoms with Crippen molar-refractivity contribution in [3.63, 3.8) is 0 Å². The number of carbonyl (C=O) groups is 1. The Bertz CT molecular complexity index is 337. The quantitative estimate of drug-likeness (QED) is 0.770. The molecule has 1 heterocycles. The Kier molecular flexibility index (Phi) is 3.33. The van der Waals surface area contributed by atoms with E-state index in [1.54, 1.807) is 14.0 Å². The molecule has 0 unspecified atom stereocenters. The number of rotatable bonds is 2. The largest absolute Gasteiger partial charge is 0.462 e. The fraction of sp³-hybridized carbons (Fsp3) is 0.429. The number of aromatic nitrogens is 2. The van der Waals surface area contributed by atoms with Crippen molar-refractivity contribution < 1.29 is 9.53 Å². The standard InChI is InChI=1S/C7H8BrClN2O2/c1-3-13-7(12)4-5(8)10-11(2)6(4)9/h3H2,1-2H3. The van der Waals surface area contributed by atoms with Crippen molar-refractivity contribution in [2.45, 2.75) is 6.92 Å². The average Bonchev–Trinajstić information content (AvgIpc) is 2.27. The number of esters is 1. The number of halogens is 2. The third-order valence-electron chi connectivity index (χ3n) is 1.41. The SMILES string of the molecule is CCOC(=O)c1c(Br)nn(C)c1Cl. The molecule has 0 saturated carbocycles. The molecule has 72 valence electrons. The molecule has 0 N–H and O–H groups in total. The maximum absolute atomic E-state index is 11.3. The lowest BCUT2D eigenvalue weighted by atomic mass is 10.4. The molecule has 0 aliphatic heterocycles. The highest BCUT2D eigenvalue weighted by molar-refractivity contribution is 9.10. The van der Waals surface area contributed by atoms with Crippen LogP contribution in [0.25, 0.3) is 0 Å². The predicted octanol–water partition coefficient (Wildman–Crippen LogP) is 2.01. The zero-order valence-corrected chi connectivity index (χ0v) is 9.52. The molecule has 0 amide bonds. The Labute approximate surface area is 88.9 Å². The molecule has 1 aromatic rings. The molecule has 13 heavy (non-hydrogen) atoms. The molecule has 0 aliphatic carbocycles. The van der Waals surface area contributed by atoms with Gasteiger partial charge >= 0.3 is 5.97 Å². The van der Waals surface area contributed by atoms with Crippen LogP contribution < -0.4 is 0 Å². The fourth-order valence-corrected chi connectivity index (χ4v) is 1.75. The van der Waals surface area contributed by atoms with Gasteiger partial charge in [-0.15, -0.1) is 0 Å². The van der Waals surface area contributed by atoms with Crippen LogP contribution in [0.1, 0.15) is 17.3 Å². The van der Waals surface area contributed by atoms with Crippen LogP contribution in [0.4, 0.5) is 0 Å². The van der Waals surface area contributed by atoms with E-state index in [4.69, 9.17) is 16.3 Å². The lowest BCUT2D eigenvalue weighted by Gasteiger charge is -1.99. The topological polar surface area (TPSA) is 44.1 Å². The van der Waals surface area contributed by atoms with E-state index in [0.717, 1.165) is 0 Å². The molecule has 0 bridgehead atoms. The van der Waals surface area contributed by atoms with E-state index < -0.39 is 5.97 Å². The summed E-state index contributed by atoms with van der Waals surface area (Å²) in [7, 11) is 1.65. The number of nitrogens with zero attached hydrogens (tertiary/aromatic N) is 2. The van der Waals surface area contributed by atoms with E-state index in [0.29, 0.717) is 11.2 Å². The molecule has 0 aliphatic rings. The molecule has 0 aromatic carbocycles. The second-order valence-electron chi connectivity index (χ2n) is 2.30. The van der Waals surface area contributed by atoms with Crippen LogP contribution in [0.5, 0.6) is 0 Å². The lowest BCUT2D eigenvalue weighted by molar-refractivity contribution is 0.0525. The first-order chi connectivity index (χ1) is 6.07. The smallest absolute Gasteiger partial charge is 0.344 e. The van der Waals surface area contributed by atoms with Gasteiger partial charge in [0.25, 0.3) is 0 Å². The Morgan fingerprint density at radius 2 is 2.38 bits per heavy atom. The van der Waals surface area contributed by atoms with Crippen molar-refractivity contribution in [3.05, 3.63) is 15.3 Å². The summed E-state index contributed by atoms with van der Waals surface area (Å²) in [6.45, 7) is 2.05. The highest BCUT2D eigenvalue weighted by Crippen LogP contribution is 2.24. The number of hydrogen-bond donors (Lipinski definition) is 0. The summed E-state index contributed by atoms with van der Waals surface area (Å²) < 4.78 is 6.60. The number of carbonyl (C=O) groups excluding carboxylic acids is 1. The van der Waals surface area contributed by atoms with Gasteiger partial charge in [0.2, 0.25) is 0 Å². The van der Waals surface area contributed by atoms with E-state index in [9.17, 15) is 4.79 Å². The summed E-state index contributed by atoms with van der Waals surface area (Å²) in [6.07, 6.45) is 0. The summed E-state index contributed by atoms with van der Waals surface area (Å²) >= 11 is 8.94. The van der Waals surface area contributed by atoms with E-state index in [1.165, 1.54) is 4.68 Å². The third-order valence-corrected chi connectivity index (χ3v) is 2.40. The molecule has 0 atom stereocenters. The van der Waals surface area contributed by atoms with Gasteiger partial charge in [0.1, 0.15) is 15.3 Å². The van der Waals surface area contributed by atoms with Crippen molar-refractivity contribution in [2.24, 2.45) is 7.05 Å². The zero-order valence-electron chi connectivity index (χ0n) is 7.17. The Balaban J connectivity index is 3.06. The van der Waals surface area contributed by atoms with E-state index in [-0.39, 0.29) is 10.7 Å². The molecular formula is C7H8BrClN2O2. The molecule has 6 heteroatoms. The molecule has 1 rings (SSSR count). The van der Waals surface area contributed by atoms with Gasteiger partial charge in [0.15, 0.2) is 0 Å². The zero-order chi connectivity index (χ0) is 10.0. The van der Waals surface area contributed by atoms with Crippen molar-refractivity contribution in [3.8, 4) is 0 Å². The lowest BCUT2D eigenvalue weighted by Crippen LogP contribution is -2.05. The number of aryl methyl sites for hydroxylation is 1. The van der Waals surface area contributed by atoms with Crippen LogP contribution in [0.3, 0.4) is 0 Å². The Hall–Kier alpha value is -0.550. The highest BCUT2D eigenvalue weighted by Gasteiger charge is 2.20. The fourth-order valence-electron chi connectivity index (χ4n) is 0.844. The van der Waals surface area contributed by atoms with E-state index >= 15 is 0 Å². The van der Waals surface area contributed by atoms with Crippen LogP contribution >= 0.6 is 27.5 Å². The molecule has 4 nitrogen and oxygen atoms in total. The van der Waals surface area contributed by atoms with E-state index in [1.807, 2.05) is 0 Å². The van der Waals surface area contributed by atoms with Gasteiger partial charge in [0.05, 0.1) is 6.61 Å². The predicted molar refractivity (Wildman–Crippen MR) is 51.9 cm³/mol. The average molecular weight is 268 g/mol. The third kappa shape index (κ3) is 2.03. The first kappa shape index (κ1) is 10.5. The van der Waals surface area contributed by atoms with Crippen molar-refractivity contribution >= 4 is 33.5 Å². The van der Waals surface area contributed by atoms with Crippen LogP contribution in [0.15, 0.2) is 4.60 Å². The van der Waals surface area contributed by atoms with Gasteiger partial charge in [-0.2, -0.15) is 5.10 Å². The van der Waals surface area contributed by atoms with Gasteiger partial charge in [-0.1, -0.05) is 11.6 Å². The van der Waals surface area contributed by atoms with Crippen LogP contribution in [0.2, 0.25) is 5.15 Å². The summed E-state index contributed by atoms with van der Waals surface area (Å²) in [4.78, 5) is 11.3. The Morgan fingerprint density at radius 1 is 1.77 bits per heavy atom. The molecule has 1 aromatic heterocycles. The molecule has 0 fully saturated rings. The highest BCUT2D eigenvalue weighted by atomic mass is 79.9. The number of hydrogen-bond acceptors (Lipinski definition) is 3. The summed E-state index contributed by atoms with van der Waals surface area (Å²) in [5.41, 5.74) is 0.269. The van der Waals surface area contributed by atoms with Crippen molar-refractivity contribution in [2.75, 3.05) is 6.61 Å². The molecule has 0 spiro atoms. The van der Waals surface area contributed by atoms with Crippen molar-refractivity contribution in [1.29, 1.82) is 0 Å². The second kappa shape index (κ2) is 4.11. The van der Waals surface area contributed by atoms with Crippen molar-refractivity contribution in [1.82, 2.24) is 9.78 Å².